The van der Waals surface area contributed by atoms with Crippen LogP contribution in [0, 0.1) is 13.8 Å². The summed E-state index contributed by atoms with van der Waals surface area (Å²) in [6.07, 6.45) is 0. The predicted molar refractivity (Wildman–Crippen MR) is 91.2 cm³/mol. The predicted octanol–water partition coefficient (Wildman–Crippen LogP) is 5.59. The first-order valence-electron chi connectivity index (χ1n) is 6.28. The normalized spacial score (nSPS) is 12.7. The van der Waals surface area contributed by atoms with Crippen molar-refractivity contribution in [1.82, 2.24) is 5.32 Å². The SMILES string of the molecule is CCNC(c1cc(Br)c(C)s1)c1cc(Br)ccc1C. The molecular weight excluding hydrogens is 386 g/mol. The molecule has 2 aromatic rings. The van der Waals surface area contributed by atoms with E-state index in [1.54, 1.807) is 0 Å². The summed E-state index contributed by atoms with van der Waals surface area (Å²) in [4.78, 5) is 2.68. The second kappa shape index (κ2) is 6.53. The molecule has 0 spiro atoms. The van der Waals surface area contributed by atoms with Gasteiger partial charge in [-0.15, -0.1) is 11.3 Å². The van der Waals surface area contributed by atoms with Crippen LogP contribution in [0.25, 0.3) is 0 Å². The van der Waals surface area contributed by atoms with E-state index in [1.165, 1.54) is 25.4 Å². The van der Waals surface area contributed by atoms with E-state index in [2.05, 4.69) is 82.2 Å². The topological polar surface area (TPSA) is 12.0 Å². The highest BCUT2D eigenvalue weighted by atomic mass is 79.9. The fraction of sp³-hybridized carbons (Fsp3) is 0.333. The lowest BCUT2D eigenvalue weighted by atomic mass is 10.00. The van der Waals surface area contributed by atoms with Crippen LogP contribution >= 0.6 is 43.2 Å². The van der Waals surface area contributed by atoms with Crippen molar-refractivity contribution in [3.05, 3.63) is 54.1 Å². The van der Waals surface area contributed by atoms with E-state index in [0.717, 1.165) is 11.0 Å². The van der Waals surface area contributed by atoms with E-state index in [0.29, 0.717) is 0 Å². The summed E-state index contributed by atoms with van der Waals surface area (Å²) in [5.41, 5.74) is 2.65. The minimum Gasteiger partial charge on any atom is -0.306 e. The molecule has 19 heavy (non-hydrogen) atoms. The number of aryl methyl sites for hydroxylation is 2. The van der Waals surface area contributed by atoms with E-state index in [-0.39, 0.29) is 6.04 Å². The average Bonchev–Trinajstić information content (AvgIpc) is 2.70. The molecule has 1 aromatic carbocycles. The lowest BCUT2D eigenvalue weighted by Crippen LogP contribution is -2.21. The van der Waals surface area contributed by atoms with E-state index in [4.69, 9.17) is 0 Å². The lowest BCUT2D eigenvalue weighted by Gasteiger charge is -2.19. The van der Waals surface area contributed by atoms with Crippen LogP contribution in [0.2, 0.25) is 0 Å². The Morgan fingerprint density at radius 3 is 2.53 bits per heavy atom. The molecule has 0 saturated heterocycles. The second-order valence-electron chi connectivity index (χ2n) is 4.54. The molecule has 0 fully saturated rings. The highest BCUT2D eigenvalue weighted by Gasteiger charge is 2.18. The van der Waals surface area contributed by atoms with Crippen molar-refractivity contribution in [3.63, 3.8) is 0 Å². The number of hydrogen-bond acceptors (Lipinski definition) is 2. The van der Waals surface area contributed by atoms with Gasteiger partial charge in [-0.25, -0.2) is 0 Å². The van der Waals surface area contributed by atoms with E-state index in [9.17, 15) is 0 Å². The zero-order valence-electron chi connectivity index (χ0n) is 11.3. The molecule has 0 saturated carbocycles. The van der Waals surface area contributed by atoms with Crippen LogP contribution < -0.4 is 5.32 Å². The summed E-state index contributed by atoms with van der Waals surface area (Å²) in [6, 6.07) is 8.97. The van der Waals surface area contributed by atoms with E-state index >= 15 is 0 Å². The molecule has 0 bridgehead atoms. The van der Waals surface area contributed by atoms with Crippen molar-refractivity contribution in [1.29, 1.82) is 0 Å². The Morgan fingerprint density at radius 2 is 1.95 bits per heavy atom. The first-order chi connectivity index (χ1) is 9.02. The summed E-state index contributed by atoms with van der Waals surface area (Å²) in [7, 11) is 0. The Labute approximate surface area is 135 Å². The van der Waals surface area contributed by atoms with Gasteiger partial charge in [0.2, 0.25) is 0 Å². The van der Waals surface area contributed by atoms with Gasteiger partial charge >= 0.3 is 0 Å². The van der Waals surface area contributed by atoms with Crippen molar-refractivity contribution in [2.75, 3.05) is 6.54 Å². The Hall–Kier alpha value is -0.160. The van der Waals surface area contributed by atoms with Crippen molar-refractivity contribution >= 4 is 43.2 Å². The summed E-state index contributed by atoms with van der Waals surface area (Å²) in [5.74, 6) is 0. The second-order valence-corrected chi connectivity index (χ2v) is 7.60. The largest absolute Gasteiger partial charge is 0.306 e. The number of thiophene rings is 1. The van der Waals surface area contributed by atoms with Gasteiger partial charge in [-0.05, 0) is 65.6 Å². The van der Waals surface area contributed by atoms with Gasteiger partial charge < -0.3 is 5.32 Å². The van der Waals surface area contributed by atoms with Crippen LogP contribution in [0.5, 0.6) is 0 Å². The summed E-state index contributed by atoms with van der Waals surface area (Å²) < 4.78 is 2.33. The molecule has 0 aliphatic heterocycles. The fourth-order valence-corrected chi connectivity index (χ4v) is 4.15. The molecular formula is C15H17Br2NS. The minimum absolute atomic E-state index is 0.262. The molecule has 4 heteroatoms. The maximum absolute atomic E-state index is 3.61. The minimum atomic E-state index is 0.262. The van der Waals surface area contributed by atoms with Gasteiger partial charge in [-0.1, -0.05) is 28.9 Å². The maximum Gasteiger partial charge on any atom is 0.0674 e. The highest BCUT2D eigenvalue weighted by molar-refractivity contribution is 9.10. The average molecular weight is 403 g/mol. The molecule has 1 unspecified atom stereocenters. The van der Waals surface area contributed by atoms with Gasteiger partial charge in [0.25, 0.3) is 0 Å². The number of benzene rings is 1. The van der Waals surface area contributed by atoms with Crippen LogP contribution in [0.3, 0.4) is 0 Å². The molecule has 0 aliphatic rings. The standard InChI is InChI=1S/C15H17Br2NS/c1-4-18-15(14-8-13(17)10(3)19-14)12-7-11(16)6-5-9(12)2/h5-8,15,18H,4H2,1-3H3. The molecule has 1 aromatic heterocycles. The molecule has 1 heterocycles. The molecule has 2 rings (SSSR count). The number of nitrogens with one attached hydrogen (secondary N) is 1. The van der Waals surface area contributed by atoms with Crippen LogP contribution in [0.4, 0.5) is 0 Å². The van der Waals surface area contributed by atoms with Gasteiger partial charge in [0.1, 0.15) is 0 Å². The van der Waals surface area contributed by atoms with E-state index in [1.807, 2.05) is 11.3 Å². The number of rotatable bonds is 4. The quantitative estimate of drug-likeness (QED) is 0.702. The Kier molecular flexibility index (Phi) is 5.23. The van der Waals surface area contributed by atoms with Crippen LogP contribution in [0.1, 0.15) is 33.8 Å². The maximum atomic E-state index is 3.61. The van der Waals surface area contributed by atoms with Gasteiger partial charge in [-0.3, -0.25) is 0 Å². The number of halogens is 2. The molecule has 0 aliphatic carbocycles. The number of hydrogen-bond donors (Lipinski definition) is 1. The van der Waals surface area contributed by atoms with Gasteiger partial charge in [0, 0.05) is 18.7 Å². The molecule has 102 valence electrons. The summed E-state index contributed by atoms with van der Waals surface area (Å²) in [6.45, 7) is 7.41. The zero-order chi connectivity index (χ0) is 14.0. The third kappa shape index (κ3) is 3.48. The van der Waals surface area contributed by atoms with Crippen molar-refractivity contribution in [2.24, 2.45) is 0 Å². The molecule has 1 atom stereocenters. The summed E-state index contributed by atoms with van der Waals surface area (Å²) in [5, 5.41) is 3.59. The third-order valence-electron chi connectivity index (χ3n) is 3.12. The smallest absolute Gasteiger partial charge is 0.0674 e. The van der Waals surface area contributed by atoms with Crippen molar-refractivity contribution < 1.29 is 0 Å². The first-order valence-corrected chi connectivity index (χ1v) is 8.68. The van der Waals surface area contributed by atoms with Crippen molar-refractivity contribution in [3.8, 4) is 0 Å². The zero-order valence-corrected chi connectivity index (χ0v) is 15.2. The van der Waals surface area contributed by atoms with Crippen LogP contribution in [0.15, 0.2) is 33.2 Å². The molecule has 1 nitrogen and oxygen atoms in total. The molecule has 0 radical (unpaired) electrons. The lowest BCUT2D eigenvalue weighted by molar-refractivity contribution is 0.636. The Morgan fingerprint density at radius 1 is 1.21 bits per heavy atom. The van der Waals surface area contributed by atoms with Gasteiger partial charge in [0.05, 0.1) is 6.04 Å². The van der Waals surface area contributed by atoms with Crippen LogP contribution in [-0.2, 0) is 0 Å². The van der Waals surface area contributed by atoms with Gasteiger partial charge in [-0.2, -0.15) is 0 Å². The molecule has 0 amide bonds. The third-order valence-corrected chi connectivity index (χ3v) is 5.82. The Balaban J connectivity index is 2.47. The van der Waals surface area contributed by atoms with Crippen LogP contribution in [-0.4, -0.2) is 6.54 Å². The van der Waals surface area contributed by atoms with Crippen molar-refractivity contribution in [2.45, 2.75) is 26.8 Å². The summed E-state index contributed by atoms with van der Waals surface area (Å²) >= 11 is 9.04. The van der Waals surface area contributed by atoms with Gasteiger partial charge in [0.15, 0.2) is 0 Å². The molecule has 1 N–H and O–H groups in total. The fourth-order valence-electron chi connectivity index (χ4n) is 2.11. The first kappa shape index (κ1) is 15.2. The Bertz CT molecular complexity index is 558. The monoisotopic (exact) mass is 401 g/mol. The highest BCUT2D eigenvalue weighted by Crippen LogP contribution is 2.35. The van der Waals surface area contributed by atoms with E-state index < -0.39 is 0 Å².